The van der Waals surface area contributed by atoms with Crippen molar-refractivity contribution in [3.8, 4) is 28.3 Å². The number of alkyl halides is 1. The van der Waals surface area contributed by atoms with Gasteiger partial charge in [-0.15, -0.1) is 53.2 Å². The predicted molar refractivity (Wildman–Crippen MR) is 148 cm³/mol. The molecule has 0 radical (unpaired) electrons. The third-order valence-electron chi connectivity index (χ3n) is 6.27. The maximum absolute atomic E-state index is 14.6. The number of halogens is 1. The van der Waals surface area contributed by atoms with Crippen molar-refractivity contribution in [2.45, 2.75) is 52.6 Å². The van der Waals surface area contributed by atoms with Crippen molar-refractivity contribution in [3.63, 3.8) is 0 Å². The lowest BCUT2D eigenvalue weighted by Crippen LogP contribution is -2.44. The monoisotopic (exact) mass is 550 g/mol. The van der Waals surface area contributed by atoms with Crippen LogP contribution in [-0.2, 0) is 0 Å². The summed E-state index contributed by atoms with van der Waals surface area (Å²) in [5.74, 6) is 1.32. The highest BCUT2D eigenvalue weighted by Crippen LogP contribution is 2.42. The first-order valence-corrected chi connectivity index (χ1v) is 13.4. The molecule has 35 heavy (non-hydrogen) atoms. The molecule has 0 bridgehead atoms. The lowest BCUT2D eigenvalue weighted by molar-refractivity contribution is 0.170. The van der Waals surface area contributed by atoms with Gasteiger partial charge in [0.25, 0.3) is 0 Å². The number of phenols is 1. The van der Waals surface area contributed by atoms with Crippen molar-refractivity contribution in [3.05, 3.63) is 36.7 Å². The maximum atomic E-state index is 14.6. The minimum Gasteiger partial charge on any atom is -0.507 e. The molecule has 3 atom stereocenters. The molecule has 0 spiro atoms. The molecule has 0 aliphatic heterocycles. The van der Waals surface area contributed by atoms with Gasteiger partial charge in [-0.2, -0.15) is 5.10 Å². The van der Waals surface area contributed by atoms with E-state index in [0.29, 0.717) is 28.7 Å². The fourth-order valence-electron chi connectivity index (χ4n) is 4.29. The predicted octanol–water partition coefficient (Wildman–Crippen LogP) is 5.55. The number of thioether (sulfide) groups is 1. The molecule has 3 aromatic rings. The number of anilines is 1. The van der Waals surface area contributed by atoms with Crippen molar-refractivity contribution in [1.29, 1.82) is 0 Å². The highest BCUT2D eigenvalue weighted by atomic mass is 32.3. The number of hydrogen-bond acceptors (Lipinski definition) is 11. The highest BCUT2D eigenvalue weighted by molar-refractivity contribution is 8.36. The van der Waals surface area contributed by atoms with Crippen LogP contribution >= 0.6 is 49.6 Å². The third kappa shape index (κ3) is 6.52. The zero-order valence-electron chi connectivity index (χ0n) is 19.3. The van der Waals surface area contributed by atoms with Gasteiger partial charge < -0.3 is 10.0 Å². The summed E-state index contributed by atoms with van der Waals surface area (Å²) in [6.07, 6.45) is 5.62. The standard InChI is InChI=1S/C23H27FN6OS4/c1-3-13-4-7-17(24)18(8-13)30(2)20-12-25-22(29-27-20)16-6-5-14(9-19(16)31)15-10-21(28-26-11-15)35-23(32,33)34/h5-6,9-13,17-18,31-34H,3-4,7-8H2,1-2H3/t13-,17+,18-/m1/s1. The van der Waals surface area contributed by atoms with Crippen LogP contribution in [-0.4, -0.2) is 52.5 Å². The normalized spacial score (nSPS) is 20.6. The summed E-state index contributed by atoms with van der Waals surface area (Å²) in [5, 5.41) is 27.8. The first-order valence-electron chi connectivity index (χ1n) is 11.2. The average molecular weight is 551 g/mol. The van der Waals surface area contributed by atoms with Crippen LogP contribution in [0.2, 0.25) is 0 Å². The molecule has 1 fully saturated rings. The lowest BCUT2D eigenvalue weighted by atomic mass is 9.82. The molecule has 12 heteroatoms. The number of hydrogen-bond donors (Lipinski definition) is 4. The SMILES string of the molecule is CC[C@@H]1CC[C@H](F)[C@H](N(C)c2cnc(-c3ccc(-c4cnnc(SC(S)(S)S)c4)cc3O)nn2)C1. The fraction of sp³-hybridized carbons (Fsp3) is 0.435. The molecule has 0 unspecified atom stereocenters. The maximum Gasteiger partial charge on any atom is 0.185 e. The zero-order chi connectivity index (χ0) is 25.2. The van der Waals surface area contributed by atoms with Crippen molar-refractivity contribution < 1.29 is 9.50 Å². The van der Waals surface area contributed by atoms with E-state index < -0.39 is 8.91 Å². The largest absolute Gasteiger partial charge is 0.507 e. The zero-order valence-corrected chi connectivity index (χ0v) is 22.8. The Hall–Kier alpha value is -1.76. The van der Waals surface area contributed by atoms with Crippen LogP contribution in [0, 0.1) is 5.92 Å². The van der Waals surface area contributed by atoms with Gasteiger partial charge in [0, 0.05) is 12.6 Å². The molecule has 1 aliphatic rings. The number of aromatic nitrogens is 5. The lowest BCUT2D eigenvalue weighted by Gasteiger charge is -2.37. The van der Waals surface area contributed by atoms with Crippen LogP contribution in [0.25, 0.3) is 22.5 Å². The smallest absolute Gasteiger partial charge is 0.185 e. The number of rotatable bonds is 7. The van der Waals surface area contributed by atoms with Gasteiger partial charge in [-0.3, -0.25) is 0 Å². The van der Waals surface area contributed by atoms with Crippen molar-refractivity contribution >= 4 is 55.5 Å². The van der Waals surface area contributed by atoms with Crippen molar-refractivity contribution in [2.75, 3.05) is 11.9 Å². The second-order valence-electron chi connectivity index (χ2n) is 8.61. The molecule has 0 amide bonds. The van der Waals surface area contributed by atoms with Crippen LogP contribution in [0.3, 0.4) is 0 Å². The molecule has 1 N–H and O–H groups in total. The number of nitrogens with zero attached hydrogens (tertiary/aromatic N) is 6. The molecule has 2 heterocycles. The summed E-state index contributed by atoms with van der Waals surface area (Å²) in [4.78, 5) is 6.23. The Morgan fingerprint density at radius 2 is 1.91 bits per heavy atom. The second kappa shape index (κ2) is 11.1. The van der Waals surface area contributed by atoms with E-state index in [0.717, 1.165) is 30.4 Å². The van der Waals surface area contributed by atoms with E-state index in [1.807, 2.05) is 24.1 Å². The second-order valence-corrected chi connectivity index (χ2v) is 13.8. The summed E-state index contributed by atoms with van der Waals surface area (Å²) in [6.45, 7) is 2.15. The Kier molecular flexibility index (Phi) is 8.34. The number of aromatic hydroxyl groups is 1. The van der Waals surface area contributed by atoms with Crippen LogP contribution in [0.4, 0.5) is 10.2 Å². The molecule has 1 aromatic carbocycles. The highest BCUT2D eigenvalue weighted by Gasteiger charge is 2.33. The van der Waals surface area contributed by atoms with E-state index >= 15 is 0 Å². The molecule has 4 rings (SSSR count). The fourth-order valence-corrected chi connectivity index (χ4v) is 5.68. The molecular weight excluding hydrogens is 524 g/mol. The number of thiol groups is 3. The van der Waals surface area contributed by atoms with E-state index in [-0.39, 0.29) is 17.6 Å². The molecule has 0 saturated heterocycles. The van der Waals surface area contributed by atoms with Crippen LogP contribution in [0.15, 0.2) is 41.7 Å². The Labute approximate surface area is 225 Å². The third-order valence-corrected chi connectivity index (χ3v) is 7.78. The van der Waals surface area contributed by atoms with Gasteiger partial charge in [0.15, 0.2) is 14.4 Å². The Balaban J connectivity index is 1.52. The summed E-state index contributed by atoms with van der Waals surface area (Å²) in [6, 6.07) is 6.75. The van der Waals surface area contributed by atoms with Gasteiger partial charge in [0.1, 0.15) is 16.9 Å². The van der Waals surface area contributed by atoms with E-state index in [1.54, 1.807) is 24.5 Å². The molecule has 186 valence electrons. The summed E-state index contributed by atoms with van der Waals surface area (Å²) in [5.41, 5.74) is 1.95. The minimum atomic E-state index is -0.899. The van der Waals surface area contributed by atoms with E-state index in [2.05, 4.69) is 70.2 Å². The quantitative estimate of drug-likeness (QED) is 0.173. The van der Waals surface area contributed by atoms with Crippen molar-refractivity contribution in [2.24, 2.45) is 5.92 Å². The average Bonchev–Trinajstić information content (AvgIpc) is 2.83. The molecule has 1 aliphatic carbocycles. The minimum absolute atomic E-state index is 0.00485. The van der Waals surface area contributed by atoms with Crippen LogP contribution in [0.1, 0.15) is 32.6 Å². The molecule has 7 nitrogen and oxygen atoms in total. The summed E-state index contributed by atoms with van der Waals surface area (Å²) < 4.78 is 13.7. The first kappa shape index (κ1) is 26.3. The van der Waals surface area contributed by atoms with Gasteiger partial charge in [-0.05, 0) is 48.9 Å². The number of benzene rings is 1. The van der Waals surface area contributed by atoms with Gasteiger partial charge >= 0.3 is 0 Å². The van der Waals surface area contributed by atoms with Crippen LogP contribution < -0.4 is 4.90 Å². The van der Waals surface area contributed by atoms with Gasteiger partial charge in [-0.1, -0.05) is 31.2 Å². The molecule has 1 saturated carbocycles. The van der Waals surface area contributed by atoms with E-state index in [9.17, 15) is 9.50 Å². The van der Waals surface area contributed by atoms with Crippen molar-refractivity contribution in [1.82, 2.24) is 25.4 Å². The topological polar surface area (TPSA) is 87.9 Å². The van der Waals surface area contributed by atoms with Crippen LogP contribution in [0.5, 0.6) is 5.75 Å². The van der Waals surface area contributed by atoms with E-state index in [1.165, 1.54) is 11.8 Å². The summed E-state index contributed by atoms with van der Waals surface area (Å²) in [7, 11) is 1.83. The molecular formula is C23H27FN6OS4. The molecule has 2 aromatic heterocycles. The Morgan fingerprint density at radius 3 is 2.57 bits per heavy atom. The van der Waals surface area contributed by atoms with E-state index in [4.69, 9.17) is 0 Å². The van der Waals surface area contributed by atoms with Gasteiger partial charge in [0.2, 0.25) is 0 Å². The Morgan fingerprint density at radius 1 is 1.11 bits per heavy atom. The van der Waals surface area contributed by atoms with Gasteiger partial charge in [0.05, 0.1) is 24.0 Å². The van der Waals surface area contributed by atoms with Gasteiger partial charge in [-0.25, -0.2) is 9.37 Å². The Bertz CT molecular complexity index is 1160. The summed E-state index contributed by atoms with van der Waals surface area (Å²) >= 11 is 14.0. The first-order chi connectivity index (χ1) is 16.6. The number of phenolic OH excluding ortho intramolecular Hbond substituents is 1.